The van der Waals surface area contributed by atoms with Crippen molar-refractivity contribution in [2.45, 2.75) is 50.3 Å². The van der Waals surface area contributed by atoms with E-state index in [2.05, 4.69) is 46.2 Å². The maximum absolute atomic E-state index is 12.2. The molecule has 1 saturated heterocycles. The van der Waals surface area contributed by atoms with Gasteiger partial charge in [0.1, 0.15) is 18.1 Å². The first-order chi connectivity index (χ1) is 17.2. The second-order valence-electron chi connectivity index (χ2n) is 9.48. The molecule has 1 aromatic heterocycles. The lowest BCUT2D eigenvalue weighted by Gasteiger charge is -2.44. The van der Waals surface area contributed by atoms with Crippen LogP contribution in [0.4, 0.5) is 5.69 Å². The summed E-state index contributed by atoms with van der Waals surface area (Å²) in [4.78, 5) is 16.9. The van der Waals surface area contributed by atoms with E-state index in [1.807, 2.05) is 24.3 Å². The number of hydrogen-bond donors (Lipinski definition) is 0. The van der Waals surface area contributed by atoms with Crippen molar-refractivity contribution >= 4 is 12.0 Å². The number of anilines is 1. The van der Waals surface area contributed by atoms with Gasteiger partial charge in [-0.15, -0.1) is 0 Å². The van der Waals surface area contributed by atoms with Crippen molar-refractivity contribution in [1.29, 1.82) is 0 Å². The number of methoxy groups -OCH3 is 1. The SMILES string of the molecule is COc1ccc(N2CCN([C@H](C=O)c3ccco3)C(Cc3ccccc3)C2)cc1OC1CCCC1. The minimum absolute atomic E-state index is 0.146. The highest BCUT2D eigenvalue weighted by atomic mass is 16.5. The number of nitrogens with zero attached hydrogens (tertiary/aromatic N) is 2. The summed E-state index contributed by atoms with van der Waals surface area (Å²) >= 11 is 0. The molecule has 0 spiro atoms. The molecule has 1 saturated carbocycles. The van der Waals surface area contributed by atoms with Gasteiger partial charge >= 0.3 is 0 Å². The van der Waals surface area contributed by atoms with Crippen molar-refractivity contribution in [3.05, 3.63) is 78.3 Å². The number of hydrogen-bond acceptors (Lipinski definition) is 6. The topological polar surface area (TPSA) is 55.2 Å². The van der Waals surface area contributed by atoms with Gasteiger partial charge in [-0.3, -0.25) is 4.90 Å². The Hall–Kier alpha value is -3.25. The highest BCUT2D eigenvalue weighted by molar-refractivity contribution is 5.61. The number of ether oxygens (including phenoxy) is 2. The molecule has 0 amide bonds. The van der Waals surface area contributed by atoms with Crippen molar-refractivity contribution in [3.8, 4) is 11.5 Å². The number of carbonyl (C=O) groups excluding carboxylic acids is 1. The normalized spacial score (nSPS) is 20.0. The Bertz CT molecular complexity index is 1080. The summed E-state index contributed by atoms with van der Waals surface area (Å²) in [5, 5.41) is 0. The number of carbonyl (C=O) groups is 1. The average molecular weight is 475 g/mol. The summed E-state index contributed by atoms with van der Waals surface area (Å²) in [6, 6.07) is 20.2. The predicted octanol–water partition coefficient (Wildman–Crippen LogP) is 5.28. The van der Waals surface area contributed by atoms with E-state index in [1.54, 1.807) is 13.4 Å². The Morgan fingerprint density at radius 1 is 1.03 bits per heavy atom. The van der Waals surface area contributed by atoms with Gasteiger partial charge in [0.05, 0.1) is 19.5 Å². The summed E-state index contributed by atoms with van der Waals surface area (Å²) in [5.41, 5.74) is 2.38. The lowest BCUT2D eigenvalue weighted by Crippen LogP contribution is -2.55. The molecule has 2 aromatic carbocycles. The molecule has 2 fully saturated rings. The zero-order valence-electron chi connectivity index (χ0n) is 20.3. The summed E-state index contributed by atoms with van der Waals surface area (Å²) in [5.74, 6) is 2.29. The standard InChI is InChI=1S/C29H34N2O4/c1-33-28-14-13-23(19-29(28)35-25-10-5-6-11-25)30-15-16-31(26(21-32)27-12-7-17-34-27)24(20-30)18-22-8-3-2-4-9-22/h2-4,7-9,12-14,17,19,21,24-26H,5-6,10-11,15-16,18,20H2,1H3/t24?,26-/m1/s1. The molecule has 2 heterocycles. The molecule has 3 aromatic rings. The van der Waals surface area contributed by atoms with Gasteiger partial charge in [-0.2, -0.15) is 0 Å². The first-order valence-electron chi connectivity index (χ1n) is 12.6. The summed E-state index contributed by atoms with van der Waals surface area (Å²) in [7, 11) is 1.69. The molecule has 0 bridgehead atoms. The summed E-state index contributed by atoms with van der Waals surface area (Å²) in [6.07, 6.45) is 8.42. The Morgan fingerprint density at radius 3 is 2.57 bits per heavy atom. The second kappa shape index (κ2) is 11.0. The fraction of sp³-hybridized carbons (Fsp3) is 0.414. The van der Waals surface area contributed by atoms with Crippen LogP contribution in [0.15, 0.2) is 71.3 Å². The van der Waals surface area contributed by atoms with E-state index in [0.29, 0.717) is 5.76 Å². The number of piperazine rings is 1. The molecule has 184 valence electrons. The first-order valence-corrected chi connectivity index (χ1v) is 12.6. The van der Waals surface area contributed by atoms with Crippen LogP contribution in [0.1, 0.15) is 43.0 Å². The van der Waals surface area contributed by atoms with E-state index >= 15 is 0 Å². The zero-order chi connectivity index (χ0) is 24.0. The zero-order valence-corrected chi connectivity index (χ0v) is 20.3. The fourth-order valence-electron chi connectivity index (χ4n) is 5.45. The highest BCUT2D eigenvalue weighted by Crippen LogP contribution is 2.36. The Balaban J connectivity index is 1.39. The van der Waals surface area contributed by atoms with E-state index in [1.165, 1.54) is 18.4 Å². The molecule has 6 nitrogen and oxygen atoms in total. The monoisotopic (exact) mass is 474 g/mol. The third-order valence-electron chi connectivity index (χ3n) is 7.27. The molecule has 5 rings (SSSR count). The van der Waals surface area contributed by atoms with Crippen molar-refractivity contribution in [3.63, 3.8) is 0 Å². The molecule has 1 aliphatic carbocycles. The van der Waals surface area contributed by atoms with Crippen LogP contribution in [-0.2, 0) is 11.2 Å². The lowest BCUT2D eigenvalue weighted by molar-refractivity contribution is -0.114. The Labute approximate surface area is 207 Å². The number of benzene rings is 2. The van der Waals surface area contributed by atoms with Crippen molar-refractivity contribution in [2.24, 2.45) is 0 Å². The highest BCUT2D eigenvalue weighted by Gasteiger charge is 2.34. The summed E-state index contributed by atoms with van der Waals surface area (Å²) in [6.45, 7) is 2.37. The van der Waals surface area contributed by atoms with Crippen LogP contribution in [0.5, 0.6) is 11.5 Å². The van der Waals surface area contributed by atoms with Crippen LogP contribution in [-0.4, -0.2) is 50.1 Å². The smallest absolute Gasteiger partial charge is 0.163 e. The molecule has 0 N–H and O–H groups in total. The van der Waals surface area contributed by atoms with Gasteiger partial charge in [-0.1, -0.05) is 30.3 Å². The van der Waals surface area contributed by atoms with Crippen LogP contribution < -0.4 is 14.4 Å². The number of aldehydes is 1. The lowest BCUT2D eigenvalue weighted by atomic mass is 9.99. The van der Waals surface area contributed by atoms with Gasteiger partial charge < -0.3 is 23.6 Å². The van der Waals surface area contributed by atoms with Crippen LogP contribution in [0, 0.1) is 0 Å². The molecular weight excluding hydrogens is 440 g/mol. The largest absolute Gasteiger partial charge is 0.493 e. The van der Waals surface area contributed by atoms with Gasteiger partial charge in [0, 0.05) is 37.4 Å². The van der Waals surface area contributed by atoms with E-state index in [4.69, 9.17) is 13.9 Å². The molecule has 35 heavy (non-hydrogen) atoms. The number of furan rings is 1. The molecule has 1 aliphatic heterocycles. The van der Waals surface area contributed by atoms with Gasteiger partial charge in [-0.25, -0.2) is 0 Å². The maximum Gasteiger partial charge on any atom is 0.163 e. The first kappa shape index (κ1) is 23.5. The maximum atomic E-state index is 12.2. The fourth-order valence-corrected chi connectivity index (χ4v) is 5.45. The van der Waals surface area contributed by atoms with E-state index < -0.39 is 6.04 Å². The molecule has 2 atom stereocenters. The number of rotatable bonds is 9. The van der Waals surface area contributed by atoms with E-state index in [9.17, 15) is 4.79 Å². The van der Waals surface area contributed by atoms with Crippen molar-refractivity contribution in [2.75, 3.05) is 31.6 Å². The molecule has 1 unspecified atom stereocenters. The summed E-state index contributed by atoms with van der Waals surface area (Å²) < 4.78 is 17.6. The van der Waals surface area contributed by atoms with Crippen molar-refractivity contribution < 1.29 is 18.7 Å². The van der Waals surface area contributed by atoms with Gasteiger partial charge in [0.25, 0.3) is 0 Å². The van der Waals surface area contributed by atoms with Crippen molar-refractivity contribution in [1.82, 2.24) is 4.90 Å². The van der Waals surface area contributed by atoms with Crippen LogP contribution in [0.2, 0.25) is 0 Å². The van der Waals surface area contributed by atoms with Gasteiger partial charge in [-0.05, 0) is 61.9 Å². The van der Waals surface area contributed by atoms with Crippen LogP contribution in [0.3, 0.4) is 0 Å². The Kier molecular flexibility index (Phi) is 7.38. The van der Waals surface area contributed by atoms with Gasteiger partial charge in [0.15, 0.2) is 11.5 Å². The quantitative estimate of drug-likeness (QED) is 0.393. The van der Waals surface area contributed by atoms with E-state index in [-0.39, 0.29) is 12.1 Å². The van der Waals surface area contributed by atoms with Crippen LogP contribution in [0.25, 0.3) is 0 Å². The molecule has 2 aliphatic rings. The minimum Gasteiger partial charge on any atom is -0.493 e. The average Bonchev–Trinajstić information content (AvgIpc) is 3.61. The van der Waals surface area contributed by atoms with Gasteiger partial charge in [0.2, 0.25) is 0 Å². The second-order valence-corrected chi connectivity index (χ2v) is 9.48. The Morgan fingerprint density at radius 2 is 1.86 bits per heavy atom. The van der Waals surface area contributed by atoms with E-state index in [0.717, 1.165) is 62.4 Å². The molecule has 0 radical (unpaired) electrons. The minimum atomic E-state index is -0.391. The molecular formula is C29H34N2O4. The van der Waals surface area contributed by atoms with Crippen LogP contribution >= 0.6 is 0 Å². The predicted molar refractivity (Wildman–Crippen MR) is 136 cm³/mol. The third kappa shape index (κ3) is 5.38. The third-order valence-corrected chi connectivity index (χ3v) is 7.27. The molecule has 6 heteroatoms.